The summed E-state index contributed by atoms with van der Waals surface area (Å²) in [7, 11) is -4.67. The van der Waals surface area contributed by atoms with Crippen LogP contribution in [-0.2, 0) is 15.1 Å². The average Bonchev–Trinajstić information content (AvgIpc) is 1.83. The third-order valence-corrected chi connectivity index (χ3v) is 0.595. The lowest BCUT2D eigenvalue weighted by molar-refractivity contribution is 0.0599. The molecule has 0 rings (SSSR count). The van der Waals surface area contributed by atoms with Gasteiger partial charge in [-0.1, -0.05) is 6.08 Å². The second kappa shape index (κ2) is 8.14. The molecular weight excluding hydrogens is 200 g/mol. The molecule has 0 aliphatic heterocycles. The first kappa shape index (κ1) is 15.0. The van der Waals surface area contributed by atoms with Crippen LogP contribution < -0.4 is 0 Å². The van der Waals surface area contributed by atoms with Gasteiger partial charge in [0, 0.05) is 0 Å². The highest BCUT2D eigenvalue weighted by Crippen LogP contribution is 1.81. The van der Waals surface area contributed by atoms with E-state index < -0.39 is 10.4 Å². The van der Waals surface area contributed by atoms with E-state index in [0.717, 1.165) is 0 Å². The summed E-state index contributed by atoms with van der Waals surface area (Å²) in [4.78, 5) is 0. The summed E-state index contributed by atoms with van der Waals surface area (Å²) < 4.78 is 36.5. The maximum atomic E-state index is 8.74. The molecule has 0 aliphatic carbocycles. The van der Waals surface area contributed by atoms with E-state index in [4.69, 9.17) is 27.4 Å². The van der Waals surface area contributed by atoms with Crippen LogP contribution in [0.4, 0.5) is 0 Å². The van der Waals surface area contributed by atoms with Gasteiger partial charge in [-0.3, -0.25) is 9.11 Å². The summed E-state index contributed by atoms with van der Waals surface area (Å²) in [5, 5.41) is 8.62. The van der Waals surface area contributed by atoms with E-state index in [1.165, 1.54) is 0 Å². The number of ether oxygens (including phenoxy) is 1. The first-order chi connectivity index (χ1) is 5.77. The molecule has 0 aromatic heterocycles. The number of rotatable bonds is 4. The molecule has 0 fully saturated rings. The first-order valence-electron chi connectivity index (χ1n) is 3.34. The lowest BCUT2D eigenvalue weighted by atomic mass is 10.4. The molecule has 0 spiro atoms. The van der Waals surface area contributed by atoms with Gasteiger partial charge in [0.1, 0.15) is 0 Å². The monoisotopic (exact) mass is 214 g/mol. The zero-order valence-corrected chi connectivity index (χ0v) is 8.07. The molecule has 0 radical (unpaired) electrons. The summed E-state index contributed by atoms with van der Waals surface area (Å²) in [5.74, 6) is 0. The zero-order valence-electron chi connectivity index (χ0n) is 7.25. The van der Waals surface area contributed by atoms with Crippen LogP contribution in [0.25, 0.3) is 0 Å². The van der Waals surface area contributed by atoms with Crippen LogP contribution in [-0.4, -0.2) is 41.9 Å². The SMILES string of the molecule is C=CCOCC(C)O.O=S(=O)(O)O. The summed E-state index contributed by atoms with van der Waals surface area (Å²) in [6.45, 7) is 6.05. The van der Waals surface area contributed by atoms with E-state index in [0.29, 0.717) is 13.2 Å². The Morgan fingerprint density at radius 1 is 1.54 bits per heavy atom. The average molecular weight is 214 g/mol. The number of hydrogen-bond acceptors (Lipinski definition) is 4. The number of hydrogen-bond donors (Lipinski definition) is 3. The largest absolute Gasteiger partial charge is 0.394 e. The Bertz CT molecular complexity index is 199. The Hall–Kier alpha value is -0.470. The van der Waals surface area contributed by atoms with Crippen molar-refractivity contribution in [3.63, 3.8) is 0 Å². The molecule has 0 saturated heterocycles. The van der Waals surface area contributed by atoms with Crippen LogP contribution in [0.5, 0.6) is 0 Å². The minimum absolute atomic E-state index is 0.366. The second-order valence-electron chi connectivity index (χ2n) is 2.12. The highest BCUT2D eigenvalue weighted by molar-refractivity contribution is 7.79. The predicted octanol–water partition coefficient (Wildman–Crippen LogP) is -0.0830. The van der Waals surface area contributed by atoms with Gasteiger partial charge in [0.05, 0.1) is 19.3 Å². The zero-order chi connectivity index (χ0) is 10.9. The van der Waals surface area contributed by atoms with E-state index in [1.807, 2.05) is 0 Å². The van der Waals surface area contributed by atoms with E-state index in [9.17, 15) is 0 Å². The summed E-state index contributed by atoms with van der Waals surface area (Å²) in [6.07, 6.45) is 1.29. The van der Waals surface area contributed by atoms with Crippen molar-refractivity contribution in [3.05, 3.63) is 12.7 Å². The Balaban J connectivity index is 0. The quantitative estimate of drug-likeness (QED) is 0.343. The molecule has 1 atom stereocenters. The summed E-state index contributed by atoms with van der Waals surface area (Å²) in [6, 6.07) is 0. The molecular formula is C6H14O6S. The maximum Gasteiger partial charge on any atom is 0.394 e. The fourth-order valence-electron chi connectivity index (χ4n) is 0.322. The van der Waals surface area contributed by atoms with Crippen LogP contribution >= 0.6 is 0 Å². The molecule has 0 saturated carbocycles. The van der Waals surface area contributed by atoms with Crippen molar-refractivity contribution in [2.75, 3.05) is 13.2 Å². The smallest absolute Gasteiger partial charge is 0.391 e. The van der Waals surface area contributed by atoms with Gasteiger partial charge >= 0.3 is 10.4 Å². The van der Waals surface area contributed by atoms with Crippen molar-refractivity contribution in [2.45, 2.75) is 13.0 Å². The number of aliphatic hydroxyl groups is 1. The Morgan fingerprint density at radius 3 is 2.15 bits per heavy atom. The third kappa shape index (κ3) is 51.0. The van der Waals surface area contributed by atoms with Crippen LogP contribution in [0.15, 0.2) is 12.7 Å². The first-order valence-corrected chi connectivity index (χ1v) is 4.73. The van der Waals surface area contributed by atoms with E-state index in [1.54, 1.807) is 13.0 Å². The van der Waals surface area contributed by atoms with E-state index >= 15 is 0 Å². The van der Waals surface area contributed by atoms with E-state index in [2.05, 4.69) is 6.58 Å². The minimum Gasteiger partial charge on any atom is -0.391 e. The Morgan fingerprint density at radius 2 is 1.92 bits per heavy atom. The van der Waals surface area contributed by atoms with Gasteiger partial charge in [-0.05, 0) is 6.92 Å². The van der Waals surface area contributed by atoms with Gasteiger partial charge in [-0.15, -0.1) is 6.58 Å². The molecule has 13 heavy (non-hydrogen) atoms. The van der Waals surface area contributed by atoms with Gasteiger partial charge < -0.3 is 9.84 Å². The molecule has 0 amide bonds. The fraction of sp³-hybridized carbons (Fsp3) is 0.667. The maximum absolute atomic E-state index is 8.74. The standard InChI is InChI=1S/C6H12O2.H2O4S/c1-3-4-8-5-6(2)7;1-5(2,3)4/h3,6-7H,1,4-5H2,2H3;(H2,1,2,3,4). The predicted molar refractivity (Wildman–Crippen MR) is 46.9 cm³/mol. The molecule has 80 valence electrons. The van der Waals surface area contributed by atoms with Crippen molar-refractivity contribution < 1.29 is 27.4 Å². The molecule has 0 aliphatic rings. The summed E-state index contributed by atoms with van der Waals surface area (Å²) in [5.41, 5.74) is 0. The second-order valence-corrected chi connectivity index (χ2v) is 3.02. The molecule has 0 bridgehead atoms. The summed E-state index contributed by atoms with van der Waals surface area (Å²) >= 11 is 0. The molecule has 0 heterocycles. The lowest BCUT2D eigenvalue weighted by Crippen LogP contribution is -2.09. The normalized spacial score (nSPS) is 12.6. The third-order valence-electron chi connectivity index (χ3n) is 0.595. The van der Waals surface area contributed by atoms with Crippen LogP contribution in [0, 0.1) is 0 Å². The molecule has 3 N–H and O–H groups in total. The fourth-order valence-corrected chi connectivity index (χ4v) is 0.322. The van der Waals surface area contributed by atoms with Crippen molar-refractivity contribution >= 4 is 10.4 Å². The van der Waals surface area contributed by atoms with Crippen molar-refractivity contribution in [1.29, 1.82) is 0 Å². The molecule has 1 unspecified atom stereocenters. The van der Waals surface area contributed by atoms with Crippen LogP contribution in [0.1, 0.15) is 6.92 Å². The van der Waals surface area contributed by atoms with Crippen molar-refractivity contribution in [3.8, 4) is 0 Å². The van der Waals surface area contributed by atoms with Gasteiger partial charge in [-0.2, -0.15) is 8.42 Å². The minimum atomic E-state index is -4.67. The number of aliphatic hydroxyl groups excluding tert-OH is 1. The molecule has 0 aromatic rings. The van der Waals surface area contributed by atoms with Crippen LogP contribution in [0.2, 0.25) is 0 Å². The van der Waals surface area contributed by atoms with E-state index in [-0.39, 0.29) is 6.10 Å². The van der Waals surface area contributed by atoms with Crippen molar-refractivity contribution in [2.24, 2.45) is 0 Å². The van der Waals surface area contributed by atoms with Gasteiger partial charge in [0.25, 0.3) is 0 Å². The highest BCUT2D eigenvalue weighted by Gasteiger charge is 1.90. The highest BCUT2D eigenvalue weighted by atomic mass is 32.3. The van der Waals surface area contributed by atoms with Gasteiger partial charge in [0.2, 0.25) is 0 Å². The molecule has 6 nitrogen and oxygen atoms in total. The van der Waals surface area contributed by atoms with Gasteiger partial charge in [0.15, 0.2) is 0 Å². The lowest BCUT2D eigenvalue weighted by Gasteiger charge is -2.01. The topological polar surface area (TPSA) is 104 Å². The Labute approximate surface area is 77.4 Å². The van der Waals surface area contributed by atoms with Crippen molar-refractivity contribution in [1.82, 2.24) is 0 Å². The molecule has 7 heteroatoms. The van der Waals surface area contributed by atoms with Gasteiger partial charge in [-0.25, -0.2) is 0 Å². The van der Waals surface area contributed by atoms with Crippen LogP contribution in [0.3, 0.4) is 0 Å². The Kier molecular flexibility index (Phi) is 9.41. The molecule has 0 aromatic carbocycles.